The topological polar surface area (TPSA) is 81.0 Å². The van der Waals surface area contributed by atoms with Crippen LogP contribution in [0.2, 0.25) is 0 Å². The van der Waals surface area contributed by atoms with Gasteiger partial charge >= 0.3 is 5.69 Å². The van der Waals surface area contributed by atoms with Gasteiger partial charge in [-0.05, 0) is 16.7 Å². The van der Waals surface area contributed by atoms with E-state index in [9.17, 15) is 4.79 Å². The molecule has 0 amide bonds. The van der Waals surface area contributed by atoms with Crippen LogP contribution in [-0.2, 0) is 38.8 Å². The van der Waals surface area contributed by atoms with Crippen LogP contribution in [-0.4, -0.2) is 41.6 Å². The molecule has 0 saturated carbocycles. The monoisotopic (exact) mass is 528 g/mol. The molecule has 0 N–H and O–H groups in total. The van der Waals surface area contributed by atoms with E-state index in [1.54, 1.807) is 12.3 Å². The maximum Gasteiger partial charge on any atom is 0.353 e. The van der Waals surface area contributed by atoms with Crippen LogP contribution in [0.15, 0.2) is 108 Å². The van der Waals surface area contributed by atoms with Gasteiger partial charge < -0.3 is 23.7 Å². The molecule has 8 nitrogen and oxygen atoms in total. The number of rotatable bonds is 12. The van der Waals surface area contributed by atoms with Crippen LogP contribution in [0.1, 0.15) is 22.9 Å². The van der Waals surface area contributed by atoms with Gasteiger partial charge in [-0.25, -0.2) is 4.79 Å². The zero-order chi connectivity index (χ0) is 26.9. The van der Waals surface area contributed by atoms with Crippen molar-refractivity contribution in [3.8, 4) is 5.88 Å². The van der Waals surface area contributed by atoms with E-state index >= 15 is 0 Å². The van der Waals surface area contributed by atoms with Crippen LogP contribution in [0.5, 0.6) is 5.88 Å². The molecular formula is C31H32N2O6. The highest BCUT2D eigenvalue weighted by molar-refractivity contribution is 5.15. The third kappa shape index (κ3) is 6.99. The minimum Gasteiger partial charge on any atom is -0.481 e. The van der Waals surface area contributed by atoms with Gasteiger partial charge in [0.2, 0.25) is 5.88 Å². The molecule has 1 saturated heterocycles. The second-order valence-corrected chi connectivity index (χ2v) is 9.25. The average molecular weight is 529 g/mol. The highest BCUT2D eigenvalue weighted by Gasteiger charge is 2.48. The Morgan fingerprint density at radius 3 is 1.82 bits per heavy atom. The molecule has 5 rings (SSSR count). The second-order valence-electron chi connectivity index (χ2n) is 9.25. The van der Waals surface area contributed by atoms with Crippen LogP contribution >= 0.6 is 0 Å². The minimum absolute atomic E-state index is 0.232. The molecule has 202 valence electrons. The van der Waals surface area contributed by atoms with E-state index in [-0.39, 0.29) is 12.5 Å². The van der Waals surface area contributed by atoms with Gasteiger partial charge in [0.25, 0.3) is 0 Å². The quantitative estimate of drug-likeness (QED) is 0.267. The highest BCUT2D eigenvalue weighted by Crippen LogP contribution is 2.34. The fraction of sp³-hybridized carbons (Fsp3) is 0.290. The van der Waals surface area contributed by atoms with Crippen molar-refractivity contribution in [3.05, 3.63) is 130 Å². The Balaban J connectivity index is 1.41. The molecule has 4 atom stereocenters. The summed E-state index contributed by atoms with van der Waals surface area (Å²) in [5.41, 5.74) is 2.58. The van der Waals surface area contributed by atoms with Crippen molar-refractivity contribution in [3.63, 3.8) is 0 Å². The van der Waals surface area contributed by atoms with E-state index in [0.29, 0.717) is 19.8 Å². The smallest absolute Gasteiger partial charge is 0.353 e. The number of methoxy groups -OCH3 is 1. The van der Waals surface area contributed by atoms with Crippen molar-refractivity contribution in [2.24, 2.45) is 0 Å². The number of nitrogens with zero attached hydrogens (tertiary/aromatic N) is 2. The van der Waals surface area contributed by atoms with E-state index in [2.05, 4.69) is 4.98 Å². The van der Waals surface area contributed by atoms with Crippen molar-refractivity contribution in [1.29, 1.82) is 0 Å². The normalized spacial score (nSPS) is 20.6. The number of benzene rings is 3. The zero-order valence-electron chi connectivity index (χ0n) is 21.8. The fourth-order valence-corrected chi connectivity index (χ4v) is 4.55. The summed E-state index contributed by atoms with van der Waals surface area (Å²) in [5.74, 6) is 0.232. The molecule has 39 heavy (non-hydrogen) atoms. The van der Waals surface area contributed by atoms with E-state index in [1.807, 2.05) is 91.0 Å². The van der Waals surface area contributed by atoms with E-state index in [1.165, 1.54) is 11.7 Å². The lowest BCUT2D eigenvalue weighted by atomic mass is 10.1. The Morgan fingerprint density at radius 2 is 1.28 bits per heavy atom. The van der Waals surface area contributed by atoms with Crippen LogP contribution in [0.4, 0.5) is 0 Å². The maximum absolute atomic E-state index is 13.0. The van der Waals surface area contributed by atoms with E-state index in [0.717, 1.165) is 16.7 Å². The SMILES string of the molecule is COc1ccn([C@H]2O[C@H](COCc3ccccc3)[C@@H](OCc3ccccc3)[C@@H]2OCc2ccccc2)c(=O)n1. The van der Waals surface area contributed by atoms with Crippen LogP contribution < -0.4 is 10.4 Å². The van der Waals surface area contributed by atoms with Gasteiger partial charge in [-0.2, -0.15) is 4.98 Å². The van der Waals surface area contributed by atoms with Crippen molar-refractivity contribution in [1.82, 2.24) is 9.55 Å². The van der Waals surface area contributed by atoms with Crippen LogP contribution in [0, 0.1) is 0 Å². The first kappa shape index (κ1) is 26.8. The first-order valence-corrected chi connectivity index (χ1v) is 12.9. The van der Waals surface area contributed by atoms with Gasteiger partial charge in [-0.1, -0.05) is 91.0 Å². The largest absolute Gasteiger partial charge is 0.481 e. The summed E-state index contributed by atoms with van der Waals surface area (Å²) < 4.78 is 32.0. The molecule has 0 radical (unpaired) electrons. The number of ether oxygens (including phenoxy) is 5. The summed E-state index contributed by atoms with van der Waals surface area (Å²) in [6.07, 6.45) is -0.766. The average Bonchev–Trinajstić information content (AvgIpc) is 3.33. The Kier molecular flexibility index (Phi) is 9.13. The third-order valence-electron chi connectivity index (χ3n) is 6.54. The Labute approximate surface area is 227 Å². The first-order chi connectivity index (χ1) is 19.2. The predicted molar refractivity (Wildman–Crippen MR) is 145 cm³/mol. The van der Waals surface area contributed by atoms with Gasteiger partial charge in [0.05, 0.1) is 33.5 Å². The molecule has 1 fully saturated rings. The maximum atomic E-state index is 13.0. The van der Waals surface area contributed by atoms with Gasteiger partial charge in [0.15, 0.2) is 6.23 Å². The van der Waals surface area contributed by atoms with Gasteiger partial charge in [-0.15, -0.1) is 0 Å². The molecule has 0 spiro atoms. The van der Waals surface area contributed by atoms with E-state index < -0.39 is 30.2 Å². The van der Waals surface area contributed by atoms with Crippen molar-refractivity contribution < 1.29 is 23.7 Å². The number of aromatic nitrogens is 2. The minimum atomic E-state index is -0.772. The molecule has 8 heteroatoms. The van der Waals surface area contributed by atoms with Gasteiger partial charge in [0.1, 0.15) is 18.3 Å². The summed E-state index contributed by atoms with van der Waals surface area (Å²) in [7, 11) is 1.47. The van der Waals surface area contributed by atoms with Crippen molar-refractivity contribution in [2.75, 3.05) is 13.7 Å². The lowest BCUT2D eigenvalue weighted by Gasteiger charge is -2.25. The summed E-state index contributed by atoms with van der Waals surface area (Å²) in [6.45, 7) is 1.37. The second kappa shape index (κ2) is 13.3. The Morgan fingerprint density at radius 1 is 0.744 bits per heavy atom. The zero-order valence-corrected chi connectivity index (χ0v) is 21.8. The summed E-state index contributed by atoms with van der Waals surface area (Å²) in [4.78, 5) is 17.0. The lowest BCUT2D eigenvalue weighted by molar-refractivity contribution is -0.0921. The molecule has 1 aliphatic rings. The summed E-state index contributed by atoms with van der Waals surface area (Å²) >= 11 is 0. The summed E-state index contributed by atoms with van der Waals surface area (Å²) in [5, 5.41) is 0. The molecule has 0 aliphatic carbocycles. The molecule has 0 unspecified atom stereocenters. The van der Waals surface area contributed by atoms with Crippen LogP contribution in [0.3, 0.4) is 0 Å². The predicted octanol–water partition coefficient (Wildman–Crippen LogP) is 4.54. The molecule has 2 heterocycles. The van der Waals surface area contributed by atoms with Crippen molar-refractivity contribution >= 4 is 0 Å². The Bertz CT molecular complexity index is 1350. The molecule has 4 aromatic rings. The first-order valence-electron chi connectivity index (χ1n) is 12.9. The standard InChI is InChI=1S/C31H32N2O6/c1-35-27-17-18-33(31(34)32-27)30-29(38-21-25-15-9-4-10-16-25)28(37-20-24-13-7-3-8-14-24)26(39-30)22-36-19-23-11-5-2-6-12-23/h2-18,26,28-30H,19-22H2,1H3/t26-,28-,29+,30+/m1/s1. The number of hydrogen-bond donors (Lipinski definition) is 0. The highest BCUT2D eigenvalue weighted by atomic mass is 16.6. The molecule has 3 aromatic carbocycles. The van der Waals surface area contributed by atoms with Crippen LogP contribution in [0.25, 0.3) is 0 Å². The summed E-state index contributed by atoms with van der Waals surface area (Å²) in [6, 6.07) is 31.3. The molecule has 1 aromatic heterocycles. The molecule has 1 aliphatic heterocycles. The lowest BCUT2D eigenvalue weighted by Crippen LogP contribution is -2.40. The Hall–Kier alpha value is -3.82. The van der Waals surface area contributed by atoms with Gasteiger partial charge in [-0.3, -0.25) is 4.57 Å². The van der Waals surface area contributed by atoms with Crippen molar-refractivity contribution in [2.45, 2.75) is 44.4 Å². The fourth-order valence-electron chi connectivity index (χ4n) is 4.55. The third-order valence-corrected chi connectivity index (χ3v) is 6.54. The number of hydrogen-bond acceptors (Lipinski definition) is 7. The molecule has 0 bridgehead atoms. The molecular weight excluding hydrogens is 496 g/mol. The van der Waals surface area contributed by atoms with E-state index in [4.69, 9.17) is 23.7 Å². The van der Waals surface area contributed by atoms with Gasteiger partial charge in [0, 0.05) is 12.3 Å².